The maximum atomic E-state index is 14.1. The van der Waals surface area contributed by atoms with Crippen LogP contribution in [0.2, 0.25) is 0 Å². The normalized spacial score (nSPS) is 18.5. The van der Waals surface area contributed by atoms with Crippen molar-refractivity contribution in [1.82, 2.24) is 20.0 Å². The van der Waals surface area contributed by atoms with Crippen molar-refractivity contribution in [2.75, 3.05) is 31.6 Å². The fourth-order valence-corrected chi connectivity index (χ4v) is 4.69. The number of benzene rings is 1. The second kappa shape index (κ2) is 8.33. The van der Waals surface area contributed by atoms with E-state index >= 15 is 0 Å². The van der Waals surface area contributed by atoms with Crippen LogP contribution >= 0.6 is 0 Å². The first-order valence-corrected chi connectivity index (χ1v) is 11.1. The van der Waals surface area contributed by atoms with E-state index in [1.807, 2.05) is 6.92 Å². The zero-order valence-corrected chi connectivity index (χ0v) is 18.3. The summed E-state index contributed by atoms with van der Waals surface area (Å²) in [6.45, 7) is 4.20. The molecule has 1 atom stereocenters. The van der Waals surface area contributed by atoms with E-state index in [9.17, 15) is 9.18 Å². The molecule has 1 saturated heterocycles. The number of nitrogens with zero attached hydrogens (tertiary/aromatic N) is 5. The number of carbonyl (C=O) groups is 1. The van der Waals surface area contributed by atoms with Crippen molar-refractivity contribution in [2.24, 2.45) is 0 Å². The van der Waals surface area contributed by atoms with E-state index in [1.165, 1.54) is 17.7 Å². The van der Waals surface area contributed by atoms with Gasteiger partial charge in [-0.05, 0) is 44.7 Å². The zero-order chi connectivity index (χ0) is 22.2. The van der Waals surface area contributed by atoms with Gasteiger partial charge < -0.3 is 14.3 Å². The highest BCUT2D eigenvalue weighted by Gasteiger charge is 2.31. The molecule has 166 valence electrons. The summed E-state index contributed by atoms with van der Waals surface area (Å²) in [5.74, 6) is 1.37. The molecule has 0 unspecified atom stereocenters. The Morgan fingerprint density at radius 3 is 2.88 bits per heavy atom. The van der Waals surface area contributed by atoms with Crippen LogP contribution in [0.1, 0.15) is 52.8 Å². The molecule has 0 N–H and O–H groups in total. The lowest BCUT2D eigenvalue weighted by atomic mass is 9.96. The number of hydrogen-bond acceptors (Lipinski definition) is 6. The Kier molecular flexibility index (Phi) is 5.36. The van der Waals surface area contributed by atoms with Gasteiger partial charge in [-0.2, -0.15) is 0 Å². The third kappa shape index (κ3) is 3.74. The van der Waals surface area contributed by atoms with E-state index in [0.29, 0.717) is 24.3 Å². The molecule has 5 rings (SSSR count). The molecule has 1 aromatic carbocycles. The minimum atomic E-state index is -0.400. The van der Waals surface area contributed by atoms with Gasteiger partial charge in [0.1, 0.15) is 23.2 Å². The predicted molar refractivity (Wildman–Crippen MR) is 118 cm³/mol. The molecule has 0 saturated carbocycles. The quantitative estimate of drug-likeness (QED) is 0.620. The van der Waals surface area contributed by atoms with Crippen molar-refractivity contribution >= 4 is 11.7 Å². The molecule has 0 bridgehead atoms. The van der Waals surface area contributed by atoms with E-state index in [0.717, 1.165) is 49.6 Å². The fourth-order valence-electron chi connectivity index (χ4n) is 4.69. The lowest BCUT2D eigenvalue weighted by Gasteiger charge is -2.33. The fraction of sp³-hybridized carbons (Fsp3) is 0.417. The van der Waals surface area contributed by atoms with Crippen molar-refractivity contribution in [3.8, 4) is 11.3 Å². The van der Waals surface area contributed by atoms with Gasteiger partial charge in [0.05, 0.1) is 0 Å². The number of piperidine rings is 1. The van der Waals surface area contributed by atoms with Gasteiger partial charge >= 0.3 is 0 Å². The highest BCUT2D eigenvalue weighted by atomic mass is 19.1. The van der Waals surface area contributed by atoms with Crippen LogP contribution in [0.25, 0.3) is 11.3 Å². The van der Waals surface area contributed by atoms with E-state index in [2.05, 4.69) is 17.1 Å². The average molecular weight is 436 g/mol. The number of rotatable bonds is 3. The molecule has 0 radical (unpaired) electrons. The van der Waals surface area contributed by atoms with Crippen LogP contribution in [-0.4, -0.2) is 52.6 Å². The van der Waals surface area contributed by atoms with E-state index < -0.39 is 5.82 Å². The summed E-state index contributed by atoms with van der Waals surface area (Å²) in [7, 11) is 2.07. The van der Waals surface area contributed by atoms with Gasteiger partial charge in [0.2, 0.25) is 5.76 Å². The highest BCUT2D eigenvalue weighted by Crippen LogP contribution is 2.31. The third-order valence-corrected chi connectivity index (χ3v) is 6.44. The Balaban J connectivity index is 1.36. The number of aromatic nitrogens is 3. The number of carbonyl (C=O) groups excluding carboxylic acids is 1. The maximum Gasteiger partial charge on any atom is 0.292 e. The van der Waals surface area contributed by atoms with E-state index in [1.54, 1.807) is 23.1 Å². The number of aryl methyl sites for hydroxylation is 1. The van der Waals surface area contributed by atoms with Gasteiger partial charge in [-0.3, -0.25) is 4.79 Å². The SMILES string of the molecule is Cc1nc([C@H]2CCCN(C(=O)c3cc(-c4ccccc4F)no3)C2)nc2c1CCCN2C. The van der Waals surface area contributed by atoms with Gasteiger partial charge in [-0.25, -0.2) is 14.4 Å². The van der Waals surface area contributed by atoms with Crippen molar-refractivity contribution in [3.05, 3.63) is 59.0 Å². The number of fused-ring (bicyclic) bond motifs is 1. The van der Waals surface area contributed by atoms with E-state index in [-0.39, 0.29) is 17.6 Å². The first-order valence-electron chi connectivity index (χ1n) is 11.1. The van der Waals surface area contributed by atoms with Gasteiger partial charge in [0.25, 0.3) is 5.91 Å². The second-order valence-electron chi connectivity index (χ2n) is 8.64. The topological polar surface area (TPSA) is 75.4 Å². The highest BCUT2D eigenvalue weighted by molar-refractivity contribution is 5.92. The van der Waals surface area contributed by atoms with Crippen LogP contribution in [0.4, 0.5) is 10.2 Å². The molecule has 1 fully saturated rings. The van der Waals surface area contributed by atoms with Crippen LogP contribution in [0.3, 0.4) is 0 Å². The molecular formula is C24H26FN5O2. The van der Waals surface area contributed by atoms with Crippen LogP contribution in [0.15, 0.2) is 34.9 Å². The molecule has 2 aliphatic heterocycles. The summed E-state index contributed by atoms with van der Waals surface area (Å²) in [5.41, 5.74) is 2.89. The van der Waals surface area contributed by atoms with Crippen LogP contribution in [-0.2, 0) is 6.42 Å². The van der Waals surface area contributed by atoms with Gasteiger partial charge in [-0.15, -0.1) is 0 Å². The Labute approximate surface area is 186 Å². The second-order valence-corrected chi connectivity index (χ2v) is 8.64. The number of anilines is 1. The third-order valence-electron chi connectivity index (χ3n) is 6.44. The Bertz CT molecular complexity index is 1160. The minimum absolute atomic E-state index is 0.0704. The molecule has 2 aliphatic rings. The molecule has 0 aliphatic carbocycles. The lowest BCUT2D eigenvalue weighted by Crippen LogP contribution is -2.39. The molecule has 7 nitrogen and oxygen atoms in total. The summed E-state index contributed by atoms with van der Waals surface area (Å²) in [6.07, 6.45) is 3.92. The Morgan fingerprint density at radius 2 is 2.03 bits per heavy atom. The summed E-state index contributed by atoms with van der Waals surface area (Å²) in [4.78, 5) is 26.8. The summed E-state index contributed by atoms with van der Waals surface area (Å²) in [5, 5.41) is 3.92. The first kappa shape index (κ1) is 20.6. The summed E-state index contributed by atoms with van der Waals surface area (Å²) < 4.78 is 19.4. The smallest absolute Gasteiger partial charge is 0.292 e. The molecule has 2 aromatic heterocycles. The zero-order valence-electron chi connectivity index (χ0n) is 18.3. The number of halogens is 1. The molecule has 8 heteroatoms. The predicted octanol–water partition coefficient (Wildman–Crippen LogP) is 3.98. The molecule has 32 heavy (non-hydrogen) atoms. The van der Waals surface area contributed by atoms with Gasteiger partial charge in [0.15, 0.2) is 0 Å². The summed E-state index contributed by atoms with van der Waals surface area (Å²) >= 11 is 0. The average Bonchev–Trinajstić information content (AvgIpc) is 3.29. The Hall–Kier alpha value is -3.29. The van der Waals surface area contributed by atoms with Crippen molar-refractivity contribution < 1.29 is 13.7 Å². The molecule has 1 amide bonds. The van der Waals surface area contributed by atoms with Crippen molar-refractivity contribution in [2.45, 2.75) is 38.5 Å². The number of likely N-dealkylation sites (tertiary alicyclic amines) is 1. The van der Waals surface area contributed by atoms with Crippen LogP contribution in [0, 0.1) is 12.7 Å². The minimum Gasteiger partial charge on any atom is -0.359 e. The Morgan fingerprint density at radius 1 is 1.19 bits per heavy atom. The van der Waals surface area contributed by atoms with Crippen molar-refractivity contribution in [1.29, 1.82) is 0 Å². The number of hydrogen-bond donors (Lipinski definition) is 0. The van der Waals surface area contributed by atoms with E-state index in [4.69, 9.17) is 14.5 Å². The van der Waals surface area contributed by atoms with Crippen LogP contribution in [0.5, 0.6) is 0 Å². The molecule has 4 heterocycles. The lowest BCUT2D eigenvalue weighted by molar-refractivity contribution is 0.0662. The van der Waals surface area contributed by atoms with Gasteiger partial charge in [-0.1, -0.05) is 17.3 Å². The largest absolute Gasteiger partial charge is 0.359 e. The number of amides is 1. The first-order chi connectivity index (χ1) is 15.5. The van der Waals surface area contributed by atoms with Gasteiger partial charge in [0, 0.05) is 55.5 Å². The molecule has 0 spiro atoms. The van der Waals surface area contributed by atoms with Crippen LogP contribution < -0.4 is 4.90 Å². The standard InChI is InChI=1S/C24H26FN5O2/c1-15-17-9-6-11-29(2)23(17)27-22(26-15)16-7-5-12-30(14-16)24(31)21-13-20(28-32-21)18-8-3-4-10-19(18)25/h3-4,8,10,13,16H,5-7,9,11-12,14H2,1-2H3/t16-/m0/s1. The molecular weight excluding hydrogens is 409 g/mol. The van der Waals surface area contributed by atoms with Crippen molar-refractivity contribution in [3.63, 3.8) is 0 Å². The monoisotopic (exact) mass is 435 g/mol. The molecule has 3 aromatic rings. The maximum absolute atomic E-state index is 14.1. The summed E-state index contributed by atoms with van der Waals surface area (Å²) in [6, 6.07) is 7.83.